The van der Waals surface area contributed by atoms with E-state index in [1.54, 1.807) is 13.2 Å². The number of hydrogen-bond donors (Lipinski definition) is 1. The van der Waals surface area contributed by atoms with E-state index in [4.69, 9.17) is 4.74 Å². The van der Waals surface area contributed by atoms with E-state index >= 15 is 0 Å². The third kappa shape index (κ3) is 2.60. The topological polar surface area (TPSA) is 46.5 Å². The van der Waals surface area contributed by atoms with Crippen molar-refractivity contribution >= 4 is 5.97 Å². The Hall–Kier alpha value is -2.29. The van der Waals surface area contributed by atoms with Crippen molar-refractivity contribution in [1.29, 1.82) is 0 Å². The summed E-state index contributed by atoms with van der Waals surface area (Å²) in [5, 5.41) is 9.20. The Kier molecular flexibility index (Phi) is 3.56. The van der Waals surface area contributed by atoms with Gasteiger partial charge in [-0.15, -0.1) is 0 Å². The van der Waals surface area contributed by atoms with Crippen molar-refractivity contribution in [2.75, 3.05) is 7.11 Å². The fourth-order valence-electron chi connectivity index (χ4n) is 2.18. The van der Waals surface area contributed by atoms with Crippen molar-refractivity contribution in [2.24, 2.45) is 0 Å². The molecule has 0 unspecified atom stereocenters. The molecule has 2 aromatic rings. The van der Waals surface area contributed by atoms with Crippen molar-refractivity contribution in [1.82, 2.24) is 0 Å². The highest BCUT2D eigenvalue weighted by Gasteiger charge is 2.12. The summed E-state index contributed by atoms with van der Waals surface area (Å²) in [4.78, 5) is 11.2. The molecule has 98 valence electrons. The highest BCUT2D eigenvalue weighted by Crippen LogP contribution is 2.29. The maximum absolute atomic E-state index is 11.2. The summed E-state index contributed by atoms with van der Waals surface area (Å²) in [5.41, 5.74) is 4.04. The Morgan fingerprint density at radius 2 is 1.84 bits per heavy atom. The number of aromatic carboxylic acids is 1. The molecule has 2 aromatic carbocycles. The first-order chi connectivity index (χ1) is 9.02. The second-order valence-electron chi connectivity index (χ2n) is 4.52. The van der Waals surface area contributed by atoms with Gasteiger partial charge in [-0.25, -0.2) is 4.79 Å². The predicted molar refractivity (Wildman–Crippen MR) is 74.9 cm³/mol. The Morgan fingerprint density at radius 1 is 1.11 bits per heavy atom. The van der Waals surface area contributed by atoms with Gasteiger partial charge in [0.15, 0.2) is 0 Å². The molecule has 19 heavy (non-hydrogen) atoms. The van der Waals surface area contributed by atoms with E-state index in [1.807, 2.05) is 44.2 Å². The molecular formula is C16H16O3. The van der Waals surface area contributed by atoms with Crippen LogP contribution in [-0.2, 0) is 0 Å². The van der Waals surface area contributed by atoms with Crippen molar-refractivity contribution in [2.45, 2.75) is 13.8 Å². The summed E-state index contributed by atoms with van der Waals surface area (Å²) in [5.74, 6) is -0.143. The van der Waals surface area contributed by atoms with E-state index < -0.39 is 5.97 Å². The van der Waals surface area contributed by atoms with E-state index in [9.17, 15) is 9.90 Å². The fourth-order valence-corrected chi connectivity index (χ4v) is 2.18. The van der Waals surface area contributed by atoms with Crippen LogP contribution in [0.4, 0.5) is 0 Å². The van der Waals surface area contributed by atoms with Gasteiger partial charge < -0.3 is 9.84 Å². The summed E-state index contributed by atoms with van der Waals surface area (Å²) in [6.07, 6.45) is 0. The molecule has 0 saturated carbocycles. The first kappa shape index (κ1) is 13.1. The van der Waals surface area contributed by atoms with Crippen LogP contribution in [0.1, 0.15) is 21.5 Å². The summed E-state index contributed by atoms with van der Waals surface area (Å²) in [7, 11) is 1.61. The second kappa shape index (κ2) is 5.14. The summed E-state index contributed by atoms with van der Waals surface area (Å²) >= 11 is 0. The number of carboxylic acid groups (broad SMARTS) is 1. The molecule has 2 rings (SSSR count). The zero-order chi connectivity index (χ0) is 14.0. The Bertz CT molecular complexity index is 630. The third-order valence-electron chi connectivity index (χ3n) is 3.18. The predicted octanol–water partition coefficient (Wildman–Crippen LogP) is 3.68. The molecule has 0 fully saturated rings. The highest BCUT2D eigenvalue weighted by molar-refractivity contribution is 5.91. The van der Waals surface area contributed by atoms with Gasteiger partial charge in [0.1, 0.15) is 5.75 Å². The molecule has 0 aromatic heterocycles. The molecule has 0 aliphatic rings. The Morgan fingerprint density at radius 3 is 2.47 bits per heavy atom. The van der Waals surface area contributed by atoms with Gasteiger partial charge in [0.25, 0.3) is 0 Å². The molecule has 1 N–H and O–H groups in total. The molecule has 0 aliphatic carbocycles. The molecule has 0 saturated heterocycles. The largest absolute Gasteiger partial charge is 0.497 e. The number of rotatable bonds is 3. The van der Waals surface area contributed by atoms with Gasteiger partial charge in [-0.3, -0.25) is 0 Å². The molecular weight excluding hydrogens is 240 g/mol. The molecule has 0 spiro atoms. The molecule has 0 amide bonds. The summed E-state index contributed by atoms with van der Waals surface area (Å²) in [6, 6.07) is 11.2. The van der Waals surface area contributed by atoms with E-state index in [2.05, 4.69) is 0 Å². The molecule has 0 radical (unpaired) electrons. The lowest BCUT2D eigenvalue weighted by molar-refractivity contribution is 0.0696. The Labute approximate surface area is 112 Å². The number of ether oxygens (including phenoxy) is 1. The highest BCUT2D eigenvalue weighted by atomic mass is 16.5. The van der Waals surface area contributed by atoms with Crippen LogP contribution in [-0.4, -0.2) is 18.2 Å². The normalized spacial score (nSPS) is 10.3. The maximum Gasteiger partial charge on any atom is 0.335 e. The number of methoxy groups -OCH3 is 1. The second-order valence-corrected chi connectivity index (χ2v) is 4.52. The van der Waals surface area contributed by atoms with Gasteiger partial charge in [0, 0.05) is 0 Å². The van der Waals surface area contributed by atoms with Gasteiger partial charge >= 0.3 is 5.97 Å². The molecule has 3 nitrogen and oxygen atoms in total. The zero-order valence-electron chi connectivity index (χ0n) is 11.2. The van der Waals surface area contributed by atoms with Crippen molar-refractivity contribution in [3.63, 3.8) is 0 Å². The monoisotopic (exact) mass is 256 g/mol. The van der Waals surface area contributed by atoms with Crippen LogP contribution in [0.2, 0.25) is 0 Å². The summed E-state index contributed by atoms with van der Waals surface area (Å²) < 4.78 is 5.20. The van der Waals surface area contributed by atoms with Crippen LogP contribution in [0.15, 0.2) is 36.4 Å². The number of carbonyl (C=O) groups is 1. The smallest absolute Gasteiger partial charge is 0.335 e. The summed E-state index contributed by atoms with van der Waals surface area (Å²) in [6.45, 7) is 3.79. The van der Waals surface area contributed by atoms with E-state index in [0.717, 1.165) is 28.0 Å². The quantitative estimate of drug-likeness (QED) is 0.911. The first-order valence-corrected chi connectivity index (χ1v) is 6.02. The number of hydrogen-bond acceptors (Lipinski definition) is 2. The number of carboxylic acids is 1. The average molecular weight is 256 g/mol. The molecule has 0 bridgehead atoms. The van der Waals surface area contributed by atoms with Crippen LogP contribution in [0.3, 0.4) is 0 Å². The minimum Gasteiger partial charge on any atom is -0.497 e. The van der Waals surface area contributed by atoms with Crippen molar-refractivity contribution in [3.8, 4) is 16.9 Å². The zero-order valence-corrected chi connectivity index (χ0v) is 11.2. The first-order valence-electron chi connectivity index (χ1n) is 6.02. The molecule has 0 atom stereocenters. The van der Waals surface area contributed by atoms with Gasteiger partial charge in [0.2, 0.25) is 0 Å². The van der Waals surface area contributed by atoms with Crippen LogP contribution < -0.4 is 4.74 Å². The molecule has 0 aliphatic heterocycles. The number of benzene rings is 2. The van der Waals surface area contributed by atoms with Crippen molar-refractivity contribution < 1.29 is 14.6 Å². The molecule has 0 heterocycles. The fraction of sp³-hybridized carbons (Fsp3) is 0.188. The lowest BCUT2D eigenvalue weighted by Crippen LogP contribution is -2.01. The standard InChI is InChI=1S/C16H16O3/c1-10-7-11(2)15(16(17)18)9-14(10)12-5-4-6-13(8-12)19-3/h4-9H,1-3H3,(H,17,18). The molecule has 3 heteroatoms. The van der Waals surface area contributed by atoms with Crippen LogP contribution in [0.25, 0.3) is 11.1 Å². The average Bonchev–Trinajstić information content (AvgIpc) is 2.38. The van der Waals surface area contributed by atoms with E-state index in [0.29, 0.717) is 5.56 Å². The van der Waals surface area contributed by atoms with Gasteiger partial charge in [0.05, 0.1) is 12.7 Å². The van der Waals surface area contributed by atoms with E-state index in [1.165, 1.54) is 0 Å². The lowest BCUT2D eigenvalue weighted by atomic mass is 9.95. The van der Waals surface area contributed by atoms with Crippen LogP contribution >= 0.6 is 0 Å². The Balaban J connectivity index is 2.61. The maximum atomic E-state index is 11.2. The minimum atomic E-state index is -0.901. The number of aryl methyl sites for hydroxylation is 2. The van der Waals surface area contributed by atoms with Gasteiger partial charge in [-0.2, -0.15) is 0 Å². The lowest BCUT2D eigenvalue weighted by Gasteiger charge is -2.11. The van der Waals surface area contributed by atoms with Crippen LogP contribution in [0, 0.1) is 13.8 Å². The van der Waals surface area contributed by atoms with Gasteiger partial charge in [-0.1, -0.05) is 18.2 Å². The minimum absolute atomic E-state index is 0.336. The third-order valence-corrected chi connectivity index (χ3v) is 3.18. The van der Waals surface area contributed by atoms with E-state index in [-0.39, 0.29) is 0 Å². The SMILES string of the molecule is COc1cccc(-c2cc(C(=O)O)c(C)cc2C)c1. The van der Waals surface area contributed by atoms with Crippen molar-refractivity contribution in [3.05, 3.63) is 53.1 Å². The van der Waals surface area contributed by atoms with Gasteiger partial charge in [-0.05, 0) is 54.3 Å². The van der Waals surface area contributed by atoms with Crippen LogP contribution in [0.5, 0.6) is 5.75 Å².